The Kier molecular flexibility index (Phi) is 6.06. The zero-order valence-electron chi connectivity index (χ0n) is 19.7. The van der Waals surface area contributed by atoms with Crippen LogP contribution < -0.4 is 16.0 Å². The van der Waals surface area contributed by atoms with Gasteiger partial charge in [0.1, 0.15) is 11.6 Å². The van der Waals surface area contributed by atoms with E-state index < -0.39 is 0 Å². The molecule has 4 N–H and O–H groups in total. The standard InChI is InChI=1S/C27H31N7O/c35-24-17-28-11-10-21(24)15-30-25-12-26(34-27(33-25)22(16-32-34)19-7-8-19)31-14-18-6-9-23(29-13-18)20-4-2-1-3-5-20/h1-6,9,12-13,16,19,21,24,28,31,35H,7-8,10-11,14-15,17H2,(H,30,33)/t21-,24+/m1/s1. The van der Waals surface area contributed by atoms with E-state index >= 15 is 0 Å². The van der Waals surface area contributed by atoms with E-state index in [0.717, 1.165) is 47.1 Å². The molecule has 8 heteroatoms. The monoisotopic (exact) mass is 469 g/mol. The molecule has 2 fully saturated rings. The van der Waals surface area contributed by atoms with E-state index in [1.807, 2.05) is 41.2 Å². The zero-order chi connectivity index (χ0) is 23.6. The highest BCUT2D eigenvalue weighted by Crippen LogP contribution is 2.42. The van der Waals surface area contributed by atoms with Gasteiger partial charge in [-0.15, -0.1) is 0 Å². The Balaban J connectivity index is 1.21. The third-order valence-corrected chi connectivity index (χ3v) is 7.02. The molecule has 4 heterocycles. The summed E-state index contributed by atoms with van der Waals surface area (Å²) < 4.78 is 1.91. The summed E-state index contributed by atoms with van der Waals surface area (Å²) in [5.41, 5.74) is 5.29. The van der Waals surface area contributed by atoms with Crippen molar-refractivity contribution in [2.75, 3.05) is 30.3 Å². The number of aliphatic hydroxyl groups excluding tert-OH is 1. The van der Waals surface area contributed by atoms with E-state index in [9.17, 15) is 5.11 Å². The summed E-state index contributed by atoms with van der Waals surface area (Å²) in [6, 6.07) is 16.4. The van der Waals surface area contributed by atoms with Gasteiger partial charge in [-0.3, -0.25) is 4.98 Å². The first kappa shape index (κ1) is 22.0. The van der Waals surface area contributed by atoms with Gasteiger partial charge in [-0.05, 0) is 43.4 Å². The molecule has 4 aromatic rings. The van der Waals surface area contributed by atoms with Crippen LogP contribution in [0.5, 0.6) is 0 Å². The minimum atomic E-state index is -0.332. The summed E-state index contributed by atoms with van der Waals surface area (Å²) >= 11 is 0. The van der Waals surface area contributed by atoms with Crippen molar-refractivity contribution >= 4 is 17.3 Å². The number of benzene rings is 1. The molecule has 2 atom stereocenters. The molecular weight excluding hydrogens is 438 g/mol. The lowest BCUT2D eigenvalue weighted by Crippen LogP contribution is -2.43. The minimum absolute atomic E-state index is 0.215. The van der Waals surface area contributed by atoms with E-state index in [1.165, 1.54) is 18.4 Å². The van der Waals surface area contributed by atoms with Gasteiger partial charge in [-0.25, -0.2) is 4.98 Å². The lowest BCUT2D eigenvalue weighted by Gasteiger charge is -2.28. The summed E-state index contributed by atoms with van der Waals surface area (Å²) in [6.07, 6.45) is 6.90. The maximum atomic E-state index is 10.3. The van der Waals surface area contributed by atoms with Crippen LogP contribution in [0.3, 0.4) is 0 Å². The number of rotatable bonds is 8. The third-order valence-electron chi connectivity index (χ3n) is 7.02. The molecule has 0 amide bonds. The first-order chi connectivity index (χ1) is 17.2. The van der Waals surface area contributed by atoms with Gasteiger partial charge in [0.2, 0.25) is 0 Å². The van der Waals surface area contributed by atoms with E-state index in [0.29, 0.717) is 25.6 Å². The van der Waals surface area contributed by atoms with Crippen LogP contribution in [0.4, 0.5) is 11.6 Å². The van der Waals surface area contributed by atoms with Crippen LogP contribution in [0.15, 0.2) is 60.9 Å². The van der Waals surface area contributed by atoms with E-state index in [2.05, 4.69) is 50.3 Å². The molecule has 1 aromatic carbocycles. The number of aliphatic hydroxyl groups is 1. The summed E-state index contributed by atoms with van der Waals surface area (Å²) in [4.78, 5) is 9.56. The molecule has 2 aliphatic rings. The van der Waals surface area contributed by atoms with Crippen molar-refractivity contribution < 1.29 is 5.11 Å². The molecule has 1 aliphatic heterocycles. The summed E-state index contributed by atoms with van der Waals surface area (Å²) in [6.45, 7) is 2.92. The van der Waals surface area contributed by atoms with Gasteiger partial charge in [0.05, 0.1) is 18.0 Å². The number of piperidine rings is 1. The molecule has 0 spiro atoms. The summed E-state index contributed by atoms with van der Waals surface area (Å²) in [5, 5.41) is 25.2. The second-order valence-electron chi connectivity index (χ2n) is 9.61. The quantitative estimate of drug-likeness (QED) is 0.313. The molecule has 0 radical (unpaired) electrons. The van der Waals surface area contributed by atoms with Crippen molar-refractivity contribution in [1.82, 2.24) is 24.9 Å². The lowest BCUT2D eigenvalue weighted by atomic mass is 9.95. The number of fused-ring (bicyclic) bond motifs is 1. The average molecular weight is 470 g/mol. The van der Waals surface area contributed by atoms with E-state index in [-0.39, 0.29) is 12.0 Å². The molecule has 35 heavy (non-hydrogen) atoms. The largest absolute Gasteiger partial charge is 0.391 e. The van der Waals surface area contributed by atoms with Crippen molar-refractivity contribution in [3.05, 3.63) is 72.1 Å². The van der Waals surface area contributed by atoms with Crippen LogP contribution in [-0.4, -0.2) is 50.4 Å². The van der Waals surface area contributed by atoms with Crippen molar-refractivity contribution in [3.63, 3.8) is 0 Å². The lowest BCUT2D eigenvalue weighted by molar-refractivity contribution is 0.0883. The van der Waals surface area contributed by atoms with Crippen LogP contribution in [0.25, 0.3) is 16.9 Å². The topological polar surface area (TPSA) is 99.4 Å². The zero-order valence-corrected chi connectivity index (χ0v) is 19.7. The van der Waals surface area contributed by atoms with Gasteiger partial charge in [-0.2, -0.15) is 9.61 Å². The Hall–Kier alpha value is -3.49. The van der Waals surface area contributed by atoms with Crippen molar-refractivity contribution in [3.8, 4) is 11.3 Å². The number of pyridine rings is 1. The smallest absolute Gasteiger partial charge is 0.163 e. The van der Waals surface area contributed by atoms with E-state index in [1.54, 1.807) is 0 Å². The normalized spacial score (nSPS) is 20.1. The van der Waals surface area contributed by atoms with Gasteiger partial charge < -0.3 is 21.1 Å². The summed E-state index contributed by atoms with van der Waals surface area (Å²) in [7, 11) is 0. The van der Waals surface area contributed by atoms with Gasteiger partial charge in [0.15, 0.2) is 5.65 Å². The highest BCUT2D eigenvalue weighted by molar-refractivity contribution is 5.62. The van der Waals surface area contributed by atoms with Gasteiger partial charge in [0.25, 0.3) is 0 Å². The van der Waals surface area contributed by atoms with Crippen molar-refractivity contribution in [2.24, 2.45) is 5.92 Å². The molecular formula is C27H31N7O. The Morgan fingerprint density at radius 2 is 1.91 bits per heavy atom. The molecule has 0 bridgehead atoms. The maximum absolute atomic E-state index is 10.3. The molecule has 0 unspecified atom stereocenters. The Labute approximate surface area is 204 Å². The fraction of sp³-hybridized carbons (Fsp3) is 0.370. The van der Waals surface area contributed by atoms with Crippen LogP contribution in [0, 0.1) is 5.92 Å². The second kappa shape index (κ2) is 9.64. The van der Waals surface area contributed by atoms with Crippen LogP contribution >= 0.6 is 0 Å². The maximum Gasteiger partial charge on any atom is 0.163 e. The Morgan fingerprint density at radius 1 is 1.03 bits per heavy atom. The molecule has 6 rings (SSSR count). The minimum Gasteiger partial charge on any atom is -0.391 e. The molecule has 180 valence electrons. The fourth-order valence-corrected chi connectivity index (χ4v) is 4.75. The third kappa shape index (κ3) is 4.85. The highest BCUT2D eigenvalue weighted by atomic mass is 16.3. The SMILES string of the molecule is O[C@H]1CNCC[C@@H]1CNc1cc(NCc2ccc(-c3ccccc3)nc2)n2ncc(C3CC3)c2n1. The Bertz CT molecular complexity index is 1280. The van der Waals surface area contributed by atoms with E-state index in [4.69, 9.17) is 4.98 Å². The Morgan fingerprint density at radius 3 is 2.69 bits per heavy atom. The number of nitrogens with zero attached hydrogens (tertiary/aromatic N) is 4. The first-order valence-corrected chi connectivity index (χ1v) is 12.5. The van der Waals surface area contributed by atoms with Gasteiger partial charge in [0, 0.05) is 48.9 Å². The number of anilines is 2. The predicted octanol–water partition coefficient (Wildman–Crippen LogP) is 3.66. The second-order valence-corrected chi connectivity index (χ2v) is 9.61. The number of hydrogen-bond acceptors (Lipinski definition) is 7. The molecule has 1 saturated carbocycles. The van der Waals surface area contributed by atoms with Crippen molar-refractivity contribution in [2.45, 2.75) is 37.8 Å². The van der Waals surface area contributed by atoms with Crippen molar-refractivity contribution in [1.29, 1.82) is 0 Å². The summed E-state index contributed by atoms with van der Waals surface area (Å²) in [5.74, 6) is 2.48. The number of β-amino-alcohol motifs (C(OH)–C–C–N with tert-alkyl or cyclic N) is 1. The molecule has 3 aromatic heterocycles. The number of aromatic nitrogens is 4. The predicted molar refractivity (Wildman–Crippen MR) is 137 cm³/mol. The molecule has 1 saturated heterocycles. The van der Waals surface area contributed by atoms with Crippen LogP contribution in [-0.2, 0) is 6.54 Å². The molecule has 1 aliphatic carbocycles. The van der Waals surface area contributed by atoms with Crippen LogP contribution in [0.2, 0.25) is 0 Å². The fourth-order valence-electron chi connectivity index (χ4n) is 4.75. The molecule has 8 nitrogen and oxygen atoms in total. The van der Waals surface area contributed by atoms with Gasteiger partial charge in [-0.1, -0.05) is 36.4 Å². The number of nitrogens with one attached hydrogen (secondary N) is 3. The van der Waals surface area contributed by atoms with Crippen LogP contribution in [0.1, 0.15) is 36.3 Å². The first-order valence-electron chi connectivity index (χ1n) is 12.5. The number of hydrogen-bond donors (Lipinski definition) is 4. The average Bonchev–Trinajstić information content (AvgIpc) is 3.66. The highest BCUT2D eigenvalue weighted by Gasteiger charge is 2.28. The van der Waals surface area contributed by atoms with Gasteiger partial charge >= 0.3 is 0 Å².